The summed E-state index contributed by atoms with van der Waals surface area (Å²) < 4.78 is 66.0. The lowest BCUT2D eigenvalue weighted by Gasteiger charge is -2.13. The van der Waals surface area contributed by atoms with Gasteiger partial charge in [-0.3, -0.25) is 9.29 Å². The Hall–Kier alpha value is -2.89. The summed E-state index contributed by atoms with van der Waals surface area (Å²) in [7, 11) is -2.18. The van der Waals surface area contributed by atoms with Crippen LogP contribution in [-0.2, 0) is 16.2 Å². The second-order valence-corrected chi connectivity index (χ2v) is 7.07. The lowest BCUT2D eigenvalue weighted by molar-refractivity contribution is -0.144. The number of benzene rings is 1. The molecule has 0 aliphatic heterocycles. The molecule has 0 saturated heterocycles. The summed E-state index contributed by atoms with van der Waals surface area (Å²) in [5.41, 5.74) is 0.455. The van der Waals surface area contributed by atoms with Crippen LogP contribution in [0.25, 0.3) is 16.9 Å². The van der Waals surface area contributed by atoms with Crippen LogP contribution in [0.5, 0.6) is 0 Å². The fourth-order valence-electron chi connectivity index (χ4n) is 2.35. The number of nitrogens with one attached hydrogen (secondary N) is 2. The normalized spacial score (nSPS) is 12.3. The molecular formula is C14H13F3N6O2S. The van der Waals surface area contributed by atoms with Crippen molar-refractivity contribution in [2.24, 2.45) is 0 Å². The maximum Gasteiger partial charge on any atom is 0.451 e. The maximum atomic E-state index is 13.1. The maximum absolute atomic E-state index is 13.1. The Morgan fingerprint density at radius 3 is 2.46 bits per heavy atom. The van der Waals surface area contributed by atoms with E-state index < -0.39 is 22.0 Å². The Morgan fingerprint density at radius 2 is 1.85 bits per heavy atom. The zero-order chi connectivity index (χ0) is 19.1. The van der Waals surface area contributed by atoms with E-state index in [2.05, 4.69) is 25.0 Å². The number of rotatable bonds is 4. The fourth-order valence-corrected chi connectivity index (χ4v) is 2.92. The van der Waals surface area contributed by atoms with E-state index in [1.54, 1.807) is 12.1 Å². The van der Waals surface area contributed by atoms with E-state index in [1.807, 2.05) is 0 Å². The zero-order valence-corrected chi connectivity index (χ0v) is 14.4. The molecule has 138 valence electrons. The van der Waals surface area contributed by atoms with Gasteiger partial charge < -0.3 is 5.32 Å². The van der Waals surface area contributed by atoms with Gasteiger partial charge in [0.05, 0.1) is 17.6 Å². The molecule has 0 unspecified atom stereocenters. The summed E-state index contributed by atoms with van der Waals surface area (Å²) in [4.78, 5) is 11.1. The van der Waals surface area contributed by atoms with Gasteiger partial charge in [-0.05, 0) is 12.1 Å². The van der Waals surface area contributed by atoms with Gasteiger partial charge in [0, 0.05) is 7.05 Å². The molecule has 2 aromatic heterocycles. The van der Waals surface area contributed by atoms with Crippen molar-refractivity contribution in [3.05, 3.63) is 36.4 Å². The van der Waals surface area contributed by atoms with Crippen molar-refractivity contribution in [2.45, 2.75) is 6.18 Å². The Morgan fingerprint density at radius 1 is 1.15 bits per heavy atom. The molecule has 0 bridgehead atoms. The number of sulfonamides is 1. The molecule has 0 radical (unpaired) electrons. The lowest BCUT2D eigenvalue weighted by Crippen LogP contribution is -2.14. The van der Waals surface area contributed by atoms with Gasteiger partial charge in [0.25, 0.3) is 0 Å². The molecule has 0 amide bonds. The van der Waals surface area contributed by atoms with Crippen LogP contribution in [0.2, 0.25) is 0 Å². The summed E-state index contributed by atoms with van der Waals surface area (Å²) in [6.45, 7) is 0. The molecule has 8 nitrogen and oxygen atoms in total. The topological polar surface area (TPSA) is 102 Å². The van der Waals surface area contributed by atoms with Gasteiger partial charge in [-0.25, -0.2) is 23.4 Å². The average molecular weight is 386 g/mol. The van der Waals surface area contributed by atoms with Crippen LogP contribution in [0.15, 0.2) is 30.6 Å². The highest BCUT2D eigenvalue weighted by atomic mass is 32.2. The van der Waals surface area contributed by atoms with Crippen molar-refractivity contribution in [3.63, 3.8) is 0 Å². The lowest BCUT2D eigenvalue weighted by atomic mass is 10.2. The van der Waals surface area contributed by atoms with Crippen molar-refractivity contribution >= 4 is 32.7 Å². The van der Waals surface area contributed by atoms with Crippen molar-refractivity contribution in [1.82, 2.24) is 19.5 Å². The van der Waals surface area contributed by atoms with Crippen LogP contribution in [0.1, 0.15) is 5.82 Å². The minimum atomic E-state index is -4.75. The molecule has 26 heavy (non-hydrogen) atoms. The fraction of sp³-hybridized carbons (Fsp3) is 0.214. The van der Waals surface area contributed by atoms with Crippen molar-refractivity contribution in [2.75, 3.05) is 23.3 Å². The standard InChI is InChI=1S/C14H13F3N6O2S/c1-18-11-10-12(21-13(20-11)14(15,16)17)23(7-19-10)9-6-4-3-5-8(9)22-26(2,24)25/h3-7,22H,1-2H3,(H,18,20,21). The largest absolute Gasteiger partial charge is 0.451 e. The summed E-state index contributed by atoms with van der Waals surface area (Å²) in [6, 6.07) is 6.21. The van der Waals surface area contributed by atoms with Gasteiger partial charge in [-0.1, -0.05) is 12.1 Å². The number of hydrogen-bond acceptors (Lipinski definition) is 6. The first-order valence-electron chi connectivity index (χ1n) is 7.17. The summed E-state index contributed by atoms with van der Waals surface area (Å²) in [6.07, 6.45) is -2.53. The van der Waals surface area contributed by atoms with Gasteiger partial charge in [0.1, 0.15) is 6.33 Å². The number of halogens is 3. The van der Waals surface area contributed by atoms with Gasteiger partial charge in [-0.2, -0.15) is 13.2 Å². The van der Waals surface area contributed by atoms with Crippen LogP contribution in [0.4, 0.5) is 24.7 Å². The van der Waals surface area contributed by atoms with Crippen molar-refractivity contribution < 1.29 is 21.6 Å². The second-order valence-electron chi connectivity index (χ2n) is 5.32. The van der Waals surface area contributed by atoms with E-state index in [1.165, 1.54) is 30.1 Å². The molecule has 2 N–H and O–H groups in total. The molecule has 3 aromatic rings. The van der Waals surface area contributed by atoms with Crippen LogP contribution in [0.3, 0.4) is 0 Å². The van der Waals surface area contributed by atoms with E-state index in [-0.39, 0.29) is 28.4 Å². The molecule has 0 fully saturated rings. The van der Waals surface area contributed by atoms with Gasteiger partial charge in [0.15, 0.2) is 17.0 Å². The number of hydrogen-bond donors (Lipinski definition) is 2. The monoisotopic (exact) mass is 386 g/mol. The predicted molar refractivity (Wildman–Crippen MR) is 89.7 cm³/mol. The van der Waals surface area contributed by atoms with E-state index in [0.29, 0.717) is 0 Å². The number of alkyl halides is 3. The Labute approximate surface area is 146 Å². The summed E-state index contributed by atoms with van der Waals surface area (Å²) in [5, 5.41) is 2.56. The van der Waals surface area contributed by atoms with Crippen molar-refractivity contribution in [1.29, 1.82) is 0 Å². The minimum Gasteiger partial charge on any atom is -0.371 e. The van der Waals surface area contributed by atoms with Gasteiger partial charge in [-0.15, -0.1) is 0 Å². The average Bonchev–Trinajstić information content (AvgIpc) is 2.96. The van der Waals surface area contributed by atoms with Crippen LogP contribution in [-0.4, -0.2) is 41.2 Å². The second kappa shape index (κ2) is 6.12. The molecule has 0 saturated carbocycles. The van der Waals surface area contributed by atoms with Gasteiger partial charge >= 0.3 is 6.18 Å². The number of imidazole rings is 1. The van der Waals surface area contributed by atoms with E-state index in [0.717, 1.165) is 6.26 Å². The van der Waals surface area contributed by atoms with Crippen LogP contribution < -0.4 is 10.0 Å². The first kappa shape index (κ1) is 17.9. The third-order valence-corrected chi connectivity index (χ3v) is 3.94. The first-order valence-corrected chi connectivity index (χ1v) is 9.06. The first-order chi connectivity index (χ1) is 12.1. The summed E-state index contributed by atoms with van der Waals surface area (Å²) in [5.74, 6) is -1.42. The molecule has 12 heteroatoms. The highest BCUT2D eigenvalue weighted by Gasteiger charge is 2.36. The third-order valence-electron chi connectivity index (χ3n) is 3.35. The van der Waals surface area contributed by atoms with Gasteiger partial charge in [0.2, 0.25) is 15.8 Å². The molecular weight excluding hydrogens is 373 g/mol. The highest BCUT2D eigenvalue weighted by Crippen LogP contribution is 2.31. The molecule has 1 aromatic carbocycles. The van der Waals surface area contributed by atoms with E-state index in [9.17, 15) is 21.6 Å². The van der Waals surface area contributed by atoms with Crippen LogP contribution >= 0.6 is 0 Å². The number of anilines is 2. The van der Waals surface area contributed by atoms with E-state index in [4.69, 9.17) is 0 Å². The Bertz CT molecular complexity index is 1080. The predicted octanol–water partition coefficient (Wildman–Crippen LogP) is 2.25. The minimum absolute atomic E-state index is 0.0883. The summed E-state index contributed by atoms with van der Waals surface area (Å²) >= 11 is 0. The Kier molecular flexibility index (Phi) is 4.22. The molecule has 3 rings (SSSR count). The molecule has 0 atom stereocenters. The molecule has 0 aliphatic carbocycles. The smallest absolute Gasteiger partial charge is 0.371 e. The number of aromatic nitrogens is 4. The Balaban J connectivity index is 2.28. The molecule has 0 aliphatic rings. The number of fused-ring (bicyclic) bond motifs is 1. The van der Waals surface area contributed by atoms with E-state index >= 15 is 0 Å². The third kappa shape index (κ3) is 3.40. The zero-order valence-electron chi connectivity index (χ0n) is 13.5. The van der Waals surface area contributed by atoms with Crippen molar-refractivity contribution in [3.8, 4) is 5.69 Å². The van der Waals surface area contributed by atoms with Crippen LogP contribution in [0, 0.1) is 0 Å². The molecule has 0 spiro atoms. The SMILES string of the molecule is CNc1nc(C(F)(F)F)nc2c1ncn2-c1ccccc1NS(C)(=O)=O. The highest BCUT2D eigenvalue weighted by molar-refractivity contribution is 7.92. The number of nitrogens with zero attached hydrogens (tertiary/aromatic N) is 4. The number of para-hydroxylation sites is 2. The quantitative estimate of drug-likeness (QED) is 0.713. The molecule has 2 heterocycles.